The van der Waals surface area contributed by atoms with E-state index in [0.717, 1.165) is 30.8 Å². The highest BCUT2D eigenvalue weighted by Crippen LogP contribution is 2.28. The lowest BCUT2D eigenvalue weighted by Gasteiger charge is -2.34. The molecule has 1 aromatic carbocycles. The van der Waals surface area contributed by atoms with Gasteiger partial charge in [-0.1, -0.05) is 31.2 Å². The number of nitrogens with zero attached hydrogens (tertiary/aromatic N) is 3. The number of benzene rings is 1. The summed E-state index contributed by atoms with van der Waals surface area (Å²) in [6.45, 7) is 13.0. The van der Waals surface area contributed by atoms with E-state index in [1.54, 1.807) is 0 Å². The molecule has 5 nitrogen and oxygen atoms in total. The van der Waals surface area contributed by atoms with E-state index in [4.69, 9.17) is 4.99 Å². The van der Waals surface area contributed by atoms with Crippen LogP contribution in [0.1, 0.15) is 44.2 Å². The summed E-state index contributed by atoms with van der Waals surface area (Å²) in [5.41, 5.74) is 2.68. The Balaban J connectivity index is 0.00000320. The van der Waals surface area contributed by atoms with Gasteiger partial charge in [-0.2, -0.15) is 11.8 Å². The maximum atomic E-state index is 4.83. The van der Waals surface area contributed by atoms with Gasteiger partial charge in [0.2, 0.25) is 0 Å². The van der Waals surface area contributed by atoms with Crippen molar-refractivity contribution in [1.82, 2.24) is 20.4 Å². The van der Waals surface area contributed by atoms with Gasteiger partial charge < -0.3 is 15.5 Å². The number of hydrogen-bond donors (Lipinski definition) is 2. The fourth-order valence-corrected chi connectivity index (χ4v) is 5.04. The first-order valence-electron chi connectivity index (χ1n) is 11.3. The third-order valence-electron chi connectivity index (χ3n) is 6.16. The van der Waals surface area contributed by atoms with E-state index >= 15 is 0 Å². The number of piperazine rings is 1. The maximum absolute atomic E-state index is 4.83. The standard InChI is InChI=1S/C23H39N5S.HI/c1-4-24-23(26-21-10-11-22(16-21)29-3)25-17-19-6-8-20(9-7-19)18-28-14-12-27(5-2)13-15-28;/h6-9,21-22H,4-5,10-18H2,1-3H3,(H2,24,25,26);1H. The zero-order chi connectivity index (χ0) is 20.5. The second-order valence-corrected chi connectivity index (χ2v) is 9.37. The van der Waals surface area contributed by atoms with Gasteiger partial charge in [-0.25, -0.2) is 4.99 Å². The molecule has 2 unspecified atom stereocenters. The Morgan fingerprint density at radius 1 is 1.03 bits per heavy atom. The van der Waals surface area contributed by atoms with Crippen LogP contribution in [0.2, 0.25) is 0 Å². The molecule has 2 N–H and O–H groups in total. The van der Waals surface area contributed by atoms with Gasteiger partial charge in [0, 0.05) is 50.6 Å². The van der Waals surface area contributed by atoms with E-state index in [1.165, 1.54) is 63.1 Å². The summed E-state index contributed by atoms with van der Waals surface area (Å²) in [6, 6.07) is 9.59. The molecular weight excluding hydrogens is 505 g/mol. The summed E-state index contributed by atoms with van der Waals surface area (Å²) in [4.78, 5) is 9.93. The number of halogens is 1. The fraction of sp³-hybridized carbons (Fsp3) is 0.696. The van der Waals surface area contributed by atoms with E-state index in [9.17, 15) is 0 Å². The van der Waals surface area contributed by atoms with Gasteiger partial charge in [-0.15, -0.1) is 24.0 Å². The maximum Gasteiger partial charge on any atom is 0.191 e. The third kappa shape index (κ3) is 8.20. The van der Waals surface area contributed by atoms with Gasteiger partial charge in [0.25, 0.3) is 0 Å². The van der Waals surface area contributed by atoms with E-state index in [0.29, 0.717) is 6.04 Å². The number of hydrogen-bond acceptors (Lipinski definition) is 4. The number of likely N-dealkylation sites (N-methyl/N-ethyl adjacent to an activating group) is 1. The molecule has 0 aromatic heterocycles. The minimum absolute atomic E-state index is 0. The number of rotatable bonds is 8. The summed E-state index contributed by atoms with van der Waals surface area (Å²) in [7, 11) is 0. The zero-order valence-corrected chi connectivity index (χ0v) is 22.0. The molecule has 2 aliphatic rings. The van der Waals surface area contributed by atoms with Crippen LogP contribution in [0.4, 0.5) is 0 Å². The quantitative estimate of drug-likeness (QED) is 0.296. The monoisotopic (exact) mass is 545 g/mol. The molecule has 1 aromatic rings. The first-order chi connectivity index (χ1) is 14.2. The molecule has 7 heteroatoms. The Labute approximate surface area is 204 Å². The average molecular weight is 546 g/mol. The van der Waals surface area contributed by atoms with Gasteiger partial charge >= 0.3 is 0 Å². The topological polar surface area (TPSA) is 42.9 Å². The molecule has 170 valence electrons. The highest BCUT2D eigenvalue weighted by molar-refractivity contribution is 14.0. The average Bonchev–Trinajstić information content (AvgIpc) is 3.21. The molecule has 1 heterocycles. The molecule has 0 spiro atoms. The van der Waals surface area contributed by atoms with Gasteiger partial charge in [-0.3, -0.25) is 4.90 Å². The molecular formula is C23H40IN5S. The van der Waals surface area contributed by atoms with Crippen LogP contribution in [0.25, 0.3) is 0 Å². The molecule has 0 bridgehead atoms. The Kier molecular flexibility index (Phi) is 11.8. The van der Waals surface area contributed by atoms with Crippen LogP contribution in [0.5, 0.6) is 0 Å². The number of aliphatic imine (C=N–C) groups is 1. The van der Waals surface area contributed by atoms with Crippen molar-refractivity contribution in [2.24, 2.45) is 4.99 Å². The van der Waals surface area contributed by atoms with Crippen LogP contribution < -0.4 is 10.6 Å². The predicted octanol–water partition coefficient (Wildman–Crippen LogP) is 3.78. The molecule has 0 radical (unpaired) electrons. The largest absolute Gasteiger partial charge is 0.357 e. The Morgan fingerprint density at radius 3 is 2.30 bits per heavy atom. The van der Waals surface area contributed by atoms with Crippen molar-refractivity contribution in [2.75, 3.05) is 45.5 Å². The molecule has 1 saturated carbocycles. The van der Waals surface area contributed by atoms with Crippen molar-refractivity contribution in [3.05, 3.63) is 35.4 Å². The van der Waals surface area contributed by atoms with E-state index in [2.05, 4.69) is 64.8 Å². The lowest BCUT2D eigenvalue weighted by molar-refractivity contribution is 0.132. The minimum atomic E-state index is 0. The lowest BCUT2D eigenvalue weighted by atomic mass is 10.1. The Bertz CT molecular complexity index is 631. The van der Waals surface area contributed by atoms with Crippen LogP contribution in [-0.4, -0.2) is 72.6 Å². The van der Waals surface area contributed by atoms with Crippen molar-refractivity contribution in [2.45, 2.75) is 57.5 Å². The SMILES string of the molecule is CCNC(=NCc1ccc(CN2CCN(CC)CC2)cc1)NC1CCC(SC)C1.I. The van der Waals surface area contributed by atoms with E-state index < -0.39 is 0 Å². The highest BCUT2D eigenvalue weighted by Gasteiger charge is 2.24. The Hall–Kier alpha value is -0.510. The molecule has 2 fully saturated rings. The highest BCUT2D eigenvalue weighted by atomic mass is 127. The van der Waals surface area contributed by atoms with Crippen molar-refractivity contribution < 1.29 is 0 Å². The molecule has 1 saturated heterocycles. The lowest BCUT2D eigenvalue weighted by Crippen LogP contribution is -2.45. The van der Waals surface area contributed by atoms with E-state index in [1.807, 2.05) is 11.8 Å². The predicted molar refractivity (Wildman–Crippen MR) is 142 cm³/mol. The normalized spacial score (nSPS) is 23.2. The number of thioether (sulfide) groups is 1. The molecule has 0 amide bonds. The summed E-state index contributed by atoms with van der Waals surface area (Å²) >= 11 is 2.00. The van der Waals surface area contributed by atoms with Crippen LogP contribution in [0.3, 0.4) is 0 Å². The number of nitrogens with one attached hydrogen (secondary N) is 2. The second-order valence-electron chi connectivity index (χ2n) is 8.23. The van der Waals surface area contributed by atoms with Crippen molar-refractivity contribution in [3.63, 3.8) is 0 Å². The smallest absolute Gasteiger partial charge is 0.191 e. The molecule has 3 rings (SSSR count). The van der Waals surface area contributed by atoms with Gasteiger partial charge in [0.15, 0.2) is 5.96 Å². The summed E-state index contributed by atoms with van der Waals surface area (Å²) in [5.74, 6) is 0.956. The molecule has 30 heavy (non-hydrogen) atoms. The molecule has 1 aliphatic heterocycles. The second kappa shape index (κ2) is 13.8. The van der Waals surface area contributed by atoms with Gasteiger partial charge in [0.1, 0.15) is 0 Å². The third-order valence-corrected chi connectivity index (χ3v) is 7.26. The Morgan fingerprint density at radius 2 is 1.70 bits per heavy atom. The first-order valence-corrected chi connectivity index (χ1v) is 12.6. The van der Waals surface area contributed by atoms with Gasteiger partial charge in [0.05, 0.1) is 6.54 Å². The van der Waals surface area contributed by atoms with Crippen LogP contribution in [0, 0.1) is 0 Å². The summed E-state index contributed by atoms with van der Waals surface area (Å²) in [6.07, 6.45) is 6.03. The summed E-state index contributed by atoms with van der Waals surface area (Å²) < 4.78 is 0. The van der Waals surface area contributed by atoms with Crippen molar-refractivity contribution >= 4 is 41.7 Å². The van der Waals surface area contributed by atoms with E-state index in [-0.39, 0.29) is 24.0 Å². The van der Waals surface area contributed by atoms with Crippen molar-refractivity contribution in [1.29, 1.82) is 0 Å². The summed E-state index contributed by atoms with van der Waals surface area (Å²) in [5, 5.41) is 7.85. The zero-order valence-electron chi connectivity index (χ0n) is 18.9. The van der Waals surface area contributed by atoms with Crippen LogP contribution in [-0.2, 0) is 13.1 Å². The first kappa shape index (κ1) is 25.7. The van der Waals surface area contributed by atoms with Gasteiger partial charge in [-0.05, 0) is 50.1 Å². The number of guanidine groups is 1. The molecule has 2 atom stereocenters. The van der Waals surface area contributed by atoms with Crippen LogP contribution >= 0.6 is 35.7 Å². The minimum Gasteiger partial charge on any atom is -0.357 e. The van der Waals surface area contributed by atoms with Crippen LogP contribution in [0.15, 0.2) is 29.3 Å². The van der Waals surface area contributed by atoms with Crippen molar-refractivity contribution in [3.8, 4) is 0 Å². The molecule has 1 aliphatic carbocycles. The fourth-order valence-electron chi connectivity index (χ4n) is 4.24.